The molecule has 5 heteroatoms. The number of aldehydes is 1. The third kappa shape index (κ3) is 1.79. The molecule has 1 N–H and O–H groups in total. The fraction of sp³-hybridized carbons (Fsp3) is 0.182. The number of carbonyl (C=O) groups excluding carboxylic acids is 1. The van der Waals surface area contributed by atoms with E-state index in [0.717, 1.165) is 11.8 Å². The number of carboxylic acids is 1. The van der Waals surface area contributed by atoms with Crippen molar-refractivity contribution < 1.29 is 14.7 Å². The molecule has 0 unspecified atom stereocenters. The Labute approximate surface area is 91.3 Å². The Kier molecular flexibility index (Phi) is 2.44. The molecule has 0 spiro atoms. The summed E-state index contributed by atoms with van der Waals surface area (Å²) in [5.74, 6) is -0.937. The van der Waals surface area contributed by atoms with Crippen molar-refractivity contribution in [3.8, 4) is 0 Å². The number of rotatable bonds is 3. The molecule has 0 saturated carbocycles. The zero-order valence-corrected chi connectivity index (χ0v) is 8.67. The second-order valence-corrected chi connectivity index (χ2v) is 3.62. The van der Waals surface area contributed by atoms with Crippen LogP contribution in [0.25, 0.3) is 5.65 Å². The number of pyridine rings is 1. The number of carboxylic acid groups (broad SMARTS) is 1. The summed E-state index contributed by atoms with van der Waals surface area (Å²) in [5.41, 5.74) is 2.34. The lowest BCUT2D eigenvalue weighted by atomic mass is 10.2. The van der Waals surface area contributed by atoms with Gasteiger partial charge in [0, 0.05) is 12.4 Å². The number of aromatic nitrogens is 2. The van der Waals surface area contributed by atoms with Gasteiger partial charge in [-0.15, -0.1) is 0 Å². The first-order chi connectivity index (χ1) is 7.60. The van der Waals surface area contributed by atoms with Gasteiger partial charge in [0.05, 0.1) is 17.7 Å². The highest BCUT2D eigenvalue weighted by Crippen LogP contribution is 2.12. The van der Waals surface area contributed by atoms with E-state index in [4.69, 9.17) is 5.11 Å². The van der Waals surface area contributed by atoms with Gasteiger partial charge in [-0.25, -0.2) is 4.98 Å². The van der Waals surface area contributed by atoms with Crippen LogP contribution in [-0.4, -0.2) is 26.7 Å². The van der Waals surface area contributed by atoms with Crippen molar-refractivity contribution in [1.82, 2.24) is 9.38 Å². The van der Waals surface area contributed by atoms with Crippen LogP contribution in [0.15, 0.2) is 18.5 Å². The lowest BCUT2D eigenvalue weighted by Gasteiger charge is -1.98. The Morgan fingerprint density at radius 3 is 2.94 bits per heavy atom. The summed E-state index contributed by atoms with van der Waals surface area (Å²) in [4.78, 5) is 25.5. The molecule has 0 aliphatic heterocycles. The average Bonchev–Trinajstić information content (AvgIpc) is 2.57. The number of fused-ring (bicyclic) bond motifs is 1. The average molecular weight is 218 g/mol. The lowest BCUT2D eigenvalue weighted by molar-refractivity contribution is -0.136. The van der Waals surface area contributed by atoms with Crippen molar-refractivity contribution in [2.45, 2.75) is 13.3 Å². The van der Waals surface area contributed by atoms with E-state index in [1.54, 1.807) is 22.9 Å². The molecular weight excluding hydrogens is 208 g/mol. The van der Waals surface area contributed by atoms with E-state index in [-0.39, 0.29) is 6.42 Å². The van der Waals surface area contributed by atoms with E-state index in [1.807, 2.05) is 6.92 Å². The van der Waals surface area contributed by atoms with Crippen molar-refractivity contribution in [3.63, 3.8) is 0 Å². The molecule has 82 valence electrons. The van der Waals surface area contributed by atoms with E-state index in [2.05, 4.69) is 4.98 Å². The van der Waals surface area contributed by atoms with Gasteiger partial charge in [0.25, 0.3) is 0 Å². The first-order valence-electron chi connectivity index (χ1n) is 4.75. The number of imidazole rings is 1. The predicted octanol–water partition coefficient (Wildman–Crippen LogP) is 1.08. The zero-order chi connectivity index (χ0) is 11.7. The smallest absolute Gasteiger partial charge is 0.309 e. The second kappa shape index (κ2) is 3.77. The minimum atomic E-state index is -0.937. The minimum absolute atomic E-state index is 0.140. The second-order valence-electron chi connectivity index (χ2n) is 3.62. The molecule has 2 aromatic rings. The first kappa shape index (κ1) is 10.4. The molecule has 0 fully saturated rings. The highest BCUT2D eigenvalue weighted by molar-refractivity contribution is 5.84. The maximum absolute atomic E-state index is 10.8. The van der Waals surface area contributed by atoms with Gasteiger partial charge in [0.15, 0.2) is 6.29 Å². The molecule has 0 saturated heterocycles. The number of aliphatic carboxylic acids is 1. The third-order valence-corrected chi connectivity index (χ3v) is 2.23. The Morgan fingerprint density at radius 2 is 2.31 bits per heavy atom. The SMILES string of the molecule is Cc1cc(C=O)c2nc(CC(=O)O)cn2c1. The summed E-state index contributed by atoms with van der Waals surface area (Å²) in [6, 6.07) is 1.72. The van der Waals surface area contributed by atoms with Gasteiger partial charge >= 0.3 is 5.97 Å². The zero-order valence-electron chi connectivity index (χ0n) is 8.67. The molecule has 0 amide bonds. The molecule has 0 aliphatic rings. The van der Waals surface area contributed by atoms with Crippen molar-refractivity contribution in [1.29, 1.82) is 0 Å². The fourth-order valence-corrected chi connectivity index (χ4v) is 1.65. The van der Waals surface area contributed by atoms with Gasteiger partial charge < -0.3 is 9.51 Å². The Bertz CT molecular complexity index is 572. The maximum Gasteiger partial charge on any atom is 0.309 e. The Hall–Kier alpha value is -2.17. The van der Waals surface area contributed by atoms with Crippen LogP contribution in [0.1, 0.15) is 21.6 Å². The summed E-state index contributed by atoms with van der Waals surface area (Å²) >= 11 is 0. The van der Waals surface area contributed by atoms with E-state index in [0.29, 0.717) is 16.9 Å². The van der Waals surface area contributed by atoms with Crippen molar-refractivity contribution in [2.75, 3.05) is 0 Å². The number of nitrogens with zero attached hydrogens (tertiary/aromatic N) is 2. The van der Waals surface area contributed by atoms with Crippen LogP contribution in [0.3, 0.4) is 0 Å². The highest BCUT2D eigenvalue weighted by atomic mass is 16.4. The molecule has 5 nitrogen and oxygen atoms in total. The quantitative estimate of drug-likeness (QED) is 0.782. The largest absolute Gasteiger partial charge is 0.481 e. The topological polar surface area (TPSA) is 71.7 Å². The normalized spacial score (nSPS) is 10.6. The molecule has 0 aliphatic carbocycles. The van der Waals surface area contributed by atoms with Crippen LogP contribution in [0, 0.1) is 6.92 Å². The summed E-state index contributed by atoms with van der Waals surface area (Å²) < 4.78 is 1.68. The van der Waals surface area contributed by atoms with E-state index < -0.39 is 5.97 Å². The van der Waals surface area contributed by atoms with Gasteiger partial charge in [-0.1, -0.05) is 0 Å². The monoisotopic (exact) mass is 218 g/mol. The molecule has 0 atom stereocenters. The molecule has 0 bridgehead atoms. The van der Waals surface area contributed by atoms with Crippen LogP contribution in [0.2, 0.25) is 0 Å². The molecule has 0 aromatic carbocycles. The highest BCUT2D eigenvalue weighted by Gasteiger charge is 2.09. The van der Waals surface area contributed by atoms with Crippen LogP contribution >= 0.6 is 0 Å². The third-order valence-electron chi connectivity index (χ3n) is 2.23. The predicted molar refractivity (Wildman–Crippen MR) is 56.7 cm³/mol. The van der Waals surface area contributed by atoms with Gasteiger partial charge in [-0.3, -0.25) is 9.59 Å². The van der Waals surface area contributed by atoms with Gasteiger partial charge in [-0.2, -0.15) is 0 Å². The number of hydrogen-bond donors (Lipinski definition) is 1. The van der Waals surface area contributed by atoms with Crippen LogP contribution in [-0.2, 0) is 11.2 Å². The molecule has 2 heterocycles. The fourth-order valence-electron chi connectivity index (χ4n) is 1.65. The lowest BCUT2D eigenvalue weighted by Crippen LogP contribution is -1.99. The van der Waals surface area contributed by atoms with Gasteiger partial charge in [0.1, 0.15) is 5.65 Å². The number of carbonyl (C=O) groups is 2. The number of hydrogen-bond acceptors (Lipinski definition) is 3. The molecule has 0 radical (unpaired) electrons. The standard InChI is InChI=1S/C11H10N2O3/c1-7-2-8(6-14)11-12-9(3-10(15)16)5-13(11)4-7/h2,4-6H,3H2,1H3,(H,15,16). The number of aryl methyl sites for hydroxylation is 1. The summed E-state index contributed by atoms with van der Waals surface area (Å²) in [6.07, 6.45) is 4.02. The van der Waals surface area contributed by atoms with Crippen molar-refractivity contribution in [2.24, 2.45) is 0 Å². The van der Waals surface area contributed by atoms with Gasteiger partial charge in [0.2, 0.25) is 0 Å². The summed E-state index contributed by atoms with van der Waals surface area (Å²) in [5, 5.41) is 8.65. The first-order valence-corrected chi connectivity index (χ1v) is 4.75. The molecule has 2 rings (SSSR count). The van der Waals surface area contributed by atoms with Crippen LogP contribution in [0.4, 0.5) is 0 Å². The summed E-state index contributed by atoms with van der Waals surface area (Å²) in [6.45, 7) is 1.86. The summed E-state index contributed by atoms with van der Waals surface area (Å²) in [7, 11) is 0. The van der Waals surface area contributed by atoms with E-state index in [9.17, 15) is 9.59 Å². The Morgan fingerprint density at radius 1 is 1.56 bits per heavy atom. The van der Waals surface area contributed by atoms with E-state index in [1.165, 1.54) is 0 Å². The van der Waals surface area contributed by atoms with Crippen molar-refractivity contribution in [3.05, 3.63) is 35.3 Å². The van der Waals surface area contributed by atoms with Crippen molar-refractivity contribution >= 4 is 17.9 Å². The minimum Gasteiger partial charge on any atom is -0.481 e. The van der Waals surface area contributed by atoms with Crippen LogP contribution < -0.4 is 0 Å². The Balaban J connectivity index is 2.60. The van der Waals surface area contributed by atoms with Crippen LogP contribution in [0.5, 0.6) is 0 Å². The van der Waals surface area contributed by atoms with E-state index >= 15 is 0 Å². The maximum atomic E-state index is 10.8. The molecule has 16 heavy (non-hydrogen) atoms. The van der Waals surface area contributed by atoms with Gasteiger partial charge in [-0.05, 0) is 18.6 Å². The molecular formula is C11H10N2O3. The molecule has 2 aromatic heterocycles.